The first-order chi connectivity index (χ1) is 52.1. The zero-order chi connectivity index (χ0) is 70.2. The number of aryl methyl sites for hydroxylation is 2. The van der Waals surface area contributed by atoms with E-state index in [9.17, 15) is 0 Å². The normalized spacial score (nSPS) is 13.5. The number of hydrogen-bond acceptors (Lipinski definition) is 17. The Bertz CT molecular complexity index is 7100. The fourth-order valence-electron chi connectivity index (χ4n) is 15.1. The molecule has 0 atom stereocenters. The van der Waals surface area contributed by atoms with Gasteiger partial charge in [-0.05, 0) is 133 Å². The van der Waals surface area contributed by atoms with Gasteiger partial charge in [0.05, 0.1) is 56.6 Å². The van der Waals surface area contributed by atoms with Gasteiger partial charge in [0.25, 0.3) is 40.0 Å². The van der Waals surface area contributed by atoms with E-state index in [2.05, 4.69) is 121 Å². The first kappa shape index (κ1) is 54.1. The average Bonchev–Trinajstić information content (AvgIpc) is 1.56. The van der Waals surface area contributed by atoms with E-state index < -0.39 is 6.98 Å². The minimum atomic E-state index is -2.32. The summed E-state index contributed by atoms with van der Waals surface area (Å²) < 4.78 is 77.3. The Morgan fingerprint density at radius 2 is 0.728 bits per heavy atom. The Morgan fingerprint density at radius 3 is 1.28 bits per heavy atom. The van der Waals surface area contributed by atoms with Crippen molar-refractivity contribution in [3.8, 4) is 63.0 Å². The summed E-state index contributed by atoms with van der Waals surface area (Å²) >= 11 is 1.72. The summed E-state index contributed by atoms with van der Waals surface area (Å²) in [5.74, 6) is 4.05. The summed E-state index contributed by atoms with van der Waals surface area (Å²) in [5.41, 5.74) is 25.9. The van der Waals surface area contributed by atoms with Gasteiger partial charge in [-0.15, -0.1) is 9.13 Å². The van der Waals surface area contributed by atoms with Gasteiger partial charge in [0.2, 0.25) is 5.58 Å². The van der Waals surface area contributed by atoms with Crippen LogP contribution in [0.2, 0.25) is 0 Å². The Morgan fingerprint density at radius 1 is 0.340 bits per heavy atom. The molecule has 26 rings (SSSR count). The van der Waals surface area contributed by atoms with E-state index in [4.69, 9.17) is 30.6 Å². The molecule has 0 unspecified atom stereocenters. The van der Waals surface area contributed by atoms with Crippen LogP contribution in [0.3, 0.4) is 0 Å². The highest BCUT2D eigenvalue weighted by Gasteiger charge is 2.42. The largest absolute Gasteiger partial charge is 0.423 e. The maximum Gasteiger partial charge on any atom is 0.423 e. The molecule has 24 nitrogen and oxygen atoms in total. The van der Waals surface area contributed by atoms with Crippen molar-refractivity contribution in [2.75, 3.05) is 0 Å². The molecule has 25 heteroatoms. The van der Waals surface area contributed by atoms with Crippen LogP contribution in [0.4, 0.5) is 0 Å². The van der Waals surface area contributed by atoms with Gasteiger partial charge < -0.3 is 26.5 Å². The summed E-state index contributed by atoms with van der Waals surface area (Å²) in [4.78, 5) is 45.3. The van der Waals surface area contributed by atoms with Crippen LogP contribution in [-0.4, -0.2) is 63.5 Å². The molecule has 0 radical (unpaired) electrons. The van der Waals surface area contributed by atoms with Crippen molar-refractivity contribution in [2.24, 2.45) is 14.0 Å². The molecule has 5 aliphatic rings. The average molecular weight is 1370 g/mol. The van der Waals surface area contributed by atoms with E-state index in [-0.39, 0.29) is 0 Å². The van der Waals surface area contributed by atoms with Gasteiger partial charge in [-0.3, -0.25) is 29.9 Å². The lowest BCUT2D eigenvalue weighted by atomic mass is 10.2. The number of furan rings is 1. The van der Waals surface area contributed by atoms with E-state index >= 15 is 0 Å². The smallest absolute Gasteiger partial charge is 0.411 e. The molecule has 0 spiro atoms. The molecule has 0 bridgehead atoms. The second kappa shape index (κ2) is 21.8. The third kappa shape index (κ3) is 8.35. The number of nitrogens with zero attached hydrogens (tertiary/aromatic N) is 18. The summed E-state index contributed by atoms with van der Waals surface area (Å²) in [6, 6.07) is 49.3. The van der Waals surface area contributed by atoms with Crippen LogP contribution in [0.15, 0.2) is 240 Å². The zero-order valence-corrected chi connectivity index (χ0v) is 55.0. The van der Waals surface area contributed by atoms with E-state index in [1.807, 2.05) is 138 Å². The fourth-order valence-corrected chi connectivity index (χ4v) is 16.2. The number of aromatic nitrogens is 18. The number of para-hydroxylation sites is 1. The van der Waals surface area contributed by atoms with Crippen molar-refractivity contribution >= 4 is 121 Å². The van der Waals surface area contributed by atoms with Crippen LogP contribution >= 0.6 is 11.3 Å². The van der Waals surface area contributed by atoms with E-state index in [0.717, 1.165) is 181 Å². The summed E-state index contributed by atoms with van der Waals surface area (Å²) in [6.07, 6.45) is 17.8. The number of fused-ring (bicyclic) bond motifs is 35. The van der Waals surface area contributed by atoms with Gasteiger partial charge in [-0.2, -0.15) is 18.3 Å². The fraction of sp³-hybridized carbons (Fsp3) is 0.0897. The molecule has 0 N–H and O–H groups in total. The van der Waals surface area contributed by atoms with Crippen molar-refractivity contribution in [1.82, 2.24) is 63.5 Å². The predicted octanol–water partition coefficient (Wildman–Crippen LogP) is 12.6. The monoisotopic (exact) mass is 1370 g/mol. The van der Waals surface area contributed by atoms with Crippen LogP contribution < -0.4 is 22.8 Å². The van der Waals surface area contributed by atoms with Crippen LogP contribution in [-0.2, 0) is 46.7 Å². The van der Waals surface area contributed by atoms with E-state index in [1.54, 1.807) is 54.5 Å². The highest BCUT2D eigenvalue weighted by Crippen LogP contribution is 2.41. The van der Waals surface area contributed by atoms with Crippen LogP contribution in [0.1, 0.15) is 32.6 Å². The van der Waals surface area contributed by atoms with Crippen molar-refractivity contribution in [3.63, 3.8) is 0 Å². The highest BCUT2D eigenvalue weighted by atomic mass is 32.1. The maximum absolute atomic E-state index is 7.91. The maximum atomic E-state index is 7.91. The third-order valence-electron chi connectivity index (χ3n) is 19.6. The van der Waals surface area contributed by atoms with E-state index in [1.165, 1.54) is 4.57 Å². The Labute approximate surface area is 587 Å². The van der Waals surface area contributed by atoms with Crippen LogP contribution in [0, 0.1) is 0 Å². The van der Waals surface area contributed by atoms with Crippen molar-refractivity contribution in [2.45, 2.75) is 32.7 Å². The summed E-state index contributed by atoms with van der Waals surface area (Å²) in [7, 11) is 2.05. The van der Waals surface area contributed by atoms with Crippen LogP contribution in [0.25, 0.3) is 173 Å². The minimum Gasteiger partial charge on any atom is -0.411 e. The minimum absolute atomic E-state index is 0.491. The quantitative estimate of drug-likeness (QED) is 0.139. The number of rotatable bonds is 1. The molecular weight excluding hydrogens is 1320 g/mol. The predicted molar refractivity (Wildman–Crippen MR) is 378 cm³/mol. The molecular formula is C78H51N18O6S+5. The second-order valence-corrected chi connectivity index (χ2v) is 26.3. The topological polar surface area (TPSA) is 242 Å². The SMILES string of the molecule is Cn1c2cccnc2c2oc3[n+](c21)Cc1ncccc1-3.[2H]C([2H])([2H])n1c2cccnc2c2oc3[n+](c21)Cc1ncccc1-3.c1ccc(-n2c3cccnc3c3oc4[n+](c32)Cc2ncccc2-4)cc1.c1cnc2c(c1)-c1oc3c4ncccc4oc3[n+]1C2.c1cnc2c(c1)-c1oc3c4ncccc4sc3[n+]1C2. The summed E-state index contributed by atoms with van der Waals surface area (Å²) in [6.45, 7) is 1.09. The molecule has 20 aromatic heterocycles. The lowest BCUT2D eigenvalue weighted by molar-refractivity contribution is -0.656. The Hall–Kier alpha value is -13.8. The van der Waals surface area contributed by atoms with Gasteiger partial charge in [-0.25, -0.2) is 29.1 Å². The van der Waals surface area contributed by atoms with Gasteiger partial charge in [0, 0.05) is 62.0 Å². The van der Waals surface area contributed by atoms with Crippen molar-refractivity contribution < 1.29 is 53.5 Å². The van der Waals surface area contributed by atoms with Gasteiger partial charge in [-0.1, -0.05) is 29.5 Å². The molecule has 0 saturated heterocycles. The first-order valence-electron chi connectivity index (χ1n) is 34.7. The number of pyridine rings is 10. The van der Waals surface area contributed by atoms with Crippen molar-refractivity contribution in [1.29, 1.82) is 0 Å². The standard InChI is InChI=1S/C20H13N4O.2C15H11N4O.C14H8N3O2.C14H8N3OS/c1-2-6-13(7-3-1)24-16-9-5-11-22-17(16)18-19(24)23-12-15-14(20(23)25-18)8-4-10-21-15;2*1-18-11-5-3-7-17-12(11)13-14(18)19-8-10-9(15(19)20-13)4-2-6-16-10;1-3-8-9(15-5-1)7-17-13(8)19-12-11-10(18-14(12)17)4-2-6-16-11;1-3-8-9(15-5-1)7-17-13(8)18-12-11-10(19-14(12)17)4-2-6-16-11/h1-11H,12H2;2*2-7H,8H2,1H3;2*1-6H,7H2/q5*+1/i;1D3;;;. The highest BCUT2D eigenvalue weighted by molar-refractivity contribution is 7.24. The van der Waals surface area contributed by atoms with Gasteiger partial charge in [0.15, 0.2) is 57.3 Å². The number of thiophene rings is 1. The molecule has 25 heterocycles. The first-order valence-corrected chi connectivity index (χ1v) is 34.0. The number of oxazole rings is 5. The lowest BCUT2D eigenvalue weighted by Gasteiger charge is -1.99. The molecule has 0 fully saturated rings. The molecule has 0 aliphatic carbocycles. The summed E-state index contributed by atoms with van der Waals surface area (Å²) in [5, 5.41) is 0. The zero-order valence-electron chi connectivity index (χ0n) is 57.2. The Balaban J connectivity index is 0.0000000830. The second-order valence-electron chi connectivity index (χ2n) is 25.3. The van der Waals surface area contributed by atoms with Gasteiger partial charge in [0.1, 0.15) is 53.4 Å². The molecule has 1 aromatic carbocycles. The van der Waals surface area contributed by atoms with Crippen molar-refractivity contribution in [3.05, 3.63) is 242 Å². The molecule has 0 saturated carbocycles. The Kier molecular flexibility index (Phi) is 11.5. The molecule has 5 aliphatic heterocycles. The van der Waals surface area contributed by atoms with Crippen LogP contribution in [0.5, 0.6) is 0 Å². The van der Waals surface area contributed by atoms with Gasteiger partial charge >= 0.3 is 39.3 Å². The third-order valence-corrected chi connectivity index (χ3v) is 20.8. The lowest BCUT2D eigenvalue weighted by Crippen LogP contribution is -2.32. The molecule has 103 heavy (non-hydrogen) atoms. The van der Waals surface area contributed by atoms with E-state index in [0.29, 0.717) is 53.4 Å². The molecule has 0 amide bonds. The molecule has 490 valence electrons. The molecule has 21 aromatic rings. The number of hydrogen-bond donors (Lipinski definition) is 0. The number of benzene rings is 1.